The van der Waals surface area contributed by atoms with E-state index in [4.69, 9.17) is 0 Å². The third-order valence-electron chi connectivity index (χ3n) is 3.03. The van der Waals surface area contributed by atoms with Crippen LogP contribution in [0.2, 0.25) is 0 Å². The second-order valence-corrected chi connectivity index (χ2v) is 5.67. The Balaban J connectivity index is 1.69. The first kappa shape index (κ1) is 14.4. The predicted octanol–water partition coefficient (Wildman–Crippen LogP) is 3.29. The maximum atomic E-state index is 4.57. The fourth-order valence-electron chi connectivity index (χ4n) is 1.92. The van der Waals surface area contributed by atoms with Crippen LogP contribution in [0, 0.1) is 18.8 Å². The summed E-state index contributed by atoms with van der Waals surface area (Å²) in [7, 11) is 0. The van der Waals surface area contributed by atoms with E-state index in [-0.39, 0.29) is 0 Å². The number of nitrogens with zero attached hydrogens (tertiary/aromatic N) is 4. The molecule has 5 heteroatoms. The lowest BCUT2D eigenvalue weighted by Gasteiger charge is -1.92. The number of aromatic nitrogens is 4. The van der Waals surface area contributed by atoms with E-state index in [1.165, 1.54) is 0 Å². The first-order valence-corrected chi connectivity index (χ1v) is 7.76. The van der Waals surface area contributed by atoms with Crippen LogP contribution in [-0.4, -0.2) is 19.9 Å². The SMILES string of the molecule is Cc1nc(-c2cccnc2)sc1C#CCCc1cnccn1. The lowest BCUT2D eigenvalue weighted by Crippen LogP contribution is -1.88. The number of aryl methyl sites for hydroxylation is 2. The summed E-state index contributed by atoms with van der Waals surface area (Å²) in [4.78, 5) is 18.0. The van der Waals surface area contributed by atoms with E-state index < -0.39 is 0 Å². The molecule has 0 aliphatic heterocycles. The molecule has 0 saturated carbocycles. The predicted molar refractivity (Wildman–Crippen MR) is 87.3 cm³/mol. The van der Waals surface area contributed by atoms with Crippen molar-refractivity contribution in [3.8, 4) is 22.4 Å². The summed E-state index contributed by atoms with van der Waals surface area (Å²) < 4.78 is 0. The van der Waals surface area contributed by atoms with Gasteiger partial charge in [-0.25, -0.2) is 4.98 Å². The van der Waals surface area contributed by atoms with Crippen molar-refractivity contribution in [3.63, 3.8) is 0 Å². The summed E-state index contributed by atoms with van der Waals surface area (Å²) >= 11 is 1.61. The number of pyridine rings is 1. The molecule has 3 aromatic heterocycles. The molecule has 0 aromatic carbocycles. The lowest BCUT2D eigenvalue weighted by atomic mass is 10.2. The lowest BCUT2D eigenvalue weighted by molar-refractivity contribution is 0.940. The number of rotatable bonds is 3. The molecule has 0 saturated heterocycles. The van der Waals surface area contributed by atoms with E-state index >= 15 is 0 Å². The Morgan fingerprint density at radius 2 is 2.05 bits per heavy atom. The van der Waals surface area contributed by atoms with Crippen LogP contribution in [0.25, 0.3) is 10.6 Å². The molecule has 3 aromatic rings. The zero-order chi connectivity index (χ0) is 15.2. The van der Waals surface area contributed by atoms with Gasteiger partial charge in [-0.2, -0.15) is 0 Å². The zero-order valence-electron chi connectivity index (χ0n) is 12.2. The van der Waals surface area contributed by atoms with Gasteiger partial charge in [-0.1, -0.05) is 11.8 Å². The molecule has 0 unspecified atom stereocenters. The number of thiazole rings is 1. The van der Waals surface area contributed by atoms with E-state index in [0.717, 1.165) is 39.7 Å². The Kier molecular flexibility index (Phi) is 4.52. The Hall–Kier alpha value is -2.58. The van der Waals surface area contributed by atoms with Crippen molar-refractivity contribution >= 4 is 11.3 Å². The van der Waals surface area contributed by atoms with Crippen molar-refractivity contribution in [2.24, 2.45) is 0 Å². The number of hydrogen-bond donors (Lipinski definition) is 0. The Bertz CT molecular complexity index is 801. The van der Waals surface area contributed by atoms with Gasteiger partial charge in [-0.3, -0.25) is 15.0 Å². The minimum Gasteiger partial charge on any atom is -0.264 e. The summed E-state index contributed by atoms with van der Waals surface area (Å²) in [6, 6.07) is 3.93. The van der Waals surface area contributed by atoms with Crippen LogP contribution < -0.4 is 0 Å². The number of hydrogen-bond acceptors (Lipinski definition) is 5. The Morgan fingerprint density at radius 1 is 1.14 bits per heavy atom. The van der Waals surface area contributed by atoms with Gasteiger partial charge in [0.15, 0.2) is 0 Å². The summed E-state index contributed by atoms with van der Waals surface area (Å²) in [6.45, 7) is 1.99. The molecule has 0 amide bonds. The normalized spacial score (nSPS) is 10.0. The van der Waals surface area contributed by atoms with Gasteiger partial charge in [0.05, 0.1) is 11.4 Å². The van der Waals surface area contributed by atoms with Gasteiger partial charge >= 0.3 is 0 Å². The third kappa shape index (κ3) is 3.54. The van der Waals surface area contributed by atoms with E-state index in [1.807, 2.05) is 25.3 Å². The molecule has 22 heavy (non-hydrogen) atoms. The van der Waals surface area contributed by atoms with E-state index in [0.29, 0.717) is 0 Å². The molecule has 108 valence electrons. The maximum absolute atomic E-state index is 4.57. The minimum atomic E-state index is 0.762. The monoisotopic (exact) mass is 306 g/mol. The summed E-state index contributed by atoms with van der Waals surface area (Å²) in [5, 5.41) is 0.962. The third-order valence-corrected chi connectivity index (χ3v) is 4.15. The summed E-state index contributed by atoms with van der Waals surface area (Å²) in [5.41, 5.74) is 2.97. The highest BCUT2D eigenvalue weighted by molar-refractivity contribution is 7.15. The average Bonchev–Trinajstić information content (AvgIpc) is 2.94. The van der Waals surface area contributed by atoms with Crippen LogP contribution in [0.1, 0.15) is 22.7 Å². The zero-order valence-corrected chi connectivity index (χ0v) is 13.0. The second kappa shape index (κ2) is 6.92. The highest BCUT2D eigenvalue weighted by Crippen LogP contribution is 2.26. The quantitative estimate of drug-likeness (QED) is 0.697. The van der Waals surface area contributed by atoms with E-state index in [9.17, 15) is 0 Å². The molecule has 3 rings (SSSR count). The molecule has 0 radical (unpaired) electrons. The molecule has 0 fully saturated rings. The van der Waals surface area contributed by atoms with Crippen molar-refractivity contribution in [2.45, 2.75) is 19.8 Å². The topological polar surface area (TPSA) is 51.6 Å². The van der Waals surface area contributed by atoms with Crippen LogP contribution in [0.3, 0.4) is 0 Å². The largest absolute Gasteiger partial charge is 0.264 e. The summed E-state index contributed by atoms with van der Waals surface area (Å²) in [5.74, 6) is 6.40. The van der Waals surface area contributed by atoms with E-state index in [2.05, 4.69) is 31.8 Å². The van der Waals surface area contributed by atoms with Crippen molar-refractivity contribution in [1.82, 2.24) is 19.9 Å². The fraction of sp³-hybridized carbons (Fsp3) is 0.176. The molecule has 0 aliphatic rings. The minimum absolute atomic E-state index is 0.762. The van der Waals surface area contributed by atoms with Gasteiger partial charge in [-0.05, 0) is 19.1 Å². The molecule has 0 N–H and O–H groups in total. The molecule has 0 atom stereocenters. The van der Waals surface area contributed by atoms with Crippen LogP contribution in [0.15, 0.2) is 43.1 Å². The molecule has 3 heterocycles. The highest BCUT2D eigenvalue weighted by atomic mass is 32.1. The molecule has 0 spiro atoms. The van der Waals surface area contributed by atoms with Gasteiger partial charge in [0.1, 0.15) is 9.88 Å². The first-order valence-electron chi connectivity index (χ1n) is 6.94. The van der Waals surface area contributed by atoms with Gasteiger partial charge < -0.3 is 0 Å². The van der Waals surface area contributed by atoms with Crippen LogP contribution in [-0.2, 0) is 6.42 Å². The smallest absolute Gasteiger partial charge is 0.126 e. The second-order valence-electron chi connectivity index (χ2n) is 4.67. The van der Waals surface area contributed by atoms with Gasteiger partial charge in [0.25, 0.3) is 0 Å². The fourth-order valence-corrected chi connectivity index (χ4v) is 2.85. The molecule has 0 bridgehead atoms. The summed E-state index contributed by atoms with van der Waals surface area (Å²) in [6.07, 6.45) is 10.3. The van der Waals surface area contributed by atoms with E-state index in [1.54, 1.807) is 36.1 Å². The Morgan fingerprint density at radius 3 is 2.82 bits per heavy atom. The van der Waals surface area contributed by atoms with Crippen molar-refractivity contribution in [2.75, 3.05) is 0 Å². The molecule has 4 nitrogen and oxygen atoms in total. The molecular formula is C17H14N4S. The first-order chi connectivity index (χ1) is 10.8. The highest BCUT2D eigenvalue weighted by Gasteiger charge is 2.07. The van der Waals surface area contributed by atoms with Crippen LogP contribution in [0.5, 0.6) is 0 Å². The molecular weight excluding hydrogens is 292 g/mol. The maximum Gasteiger partial charge on any atom is 0.126 e. The average molecular weight is 306 g/mol. The van der Waals surface area contributed by atoms with Crippen molar-refractivity contribution in [1.29, 1.82) is 0 Å². The van der Waals surface area contributed by atoms with Crippen LogP contribution in [0.4, 0.5) is 0 Å². The van der Waals surface area contributed by atoms with Gasteiger partial charge in [0, 0.05) is 49.4 Å². The van der Waals surface area contributed by atoms with Crippen molar-refractivity contribution < 1.29 is 0 Å². The molecule has 0 aliphatic carbocycles. The standard InChI is InChI=1S/C17H14N4S/c1-13-16(7-3-2-6-15-12-19-9-10-20-15)22-17(21-13)14-5-4-8-18-11-14/h4-5,8-12H,2,6H2,1H3. The van der Waals surface area contributed by atoms with Crippen molar-refractivity contribution in [3.05, 3.63) is 59.4 Å². The van der Waals surface area contributed by atoms with Crippen LogP contribution >= 0.6 is 11.3 Å². The van der Waals surface area contributed by atoms with Gasteiger partial charge in [0.2, 0.25) is 0 Å². The Labute approximate surface area is 133 Å². The van der Waals surface area contributed by atoms with Gasteiger partial charge in [-0.15, -0.1) is 11.3 Å².